The van der Waals surface area contributed by atoms with Crippen molar-refractivity contribution in [1.82, 2.24) is 0 Å². The lowest BCUT2D eigenvalue weighted by atomic mass is 10.1. The molecule has 0 heterocycles. The highest BCUT2D eigenvalue weighted by molar-refractivity contribution is 5.28. The van der Waals surface area contributed by atoms with Crippen LogP contribution < -0.4 is 4.74 Å². The number of rotatable bonds is 6. The van der Waals surface area contributed by atoms with E-state index < -0.39 is 0 Å². The molecule has 15 heavy (non-hydrogen) atoms. The molecule has 0 radical (unpaired) electrons. The summed E-state index contributed by atoms with van der Waals surface area (Å²) in [5.74, 6) is 0.886. The van der Waals surface area contributed by atoms with Gasteiger partial charge in [0.15, 0.2) is 0 Å². The molecule has 0 saturated carbocycles. The molecule has 0 saturated heterocycles. The van der Waals surface area contributed by atoms with Crippen molar-refractivity contribution in [3.63, 3.8) is 0 Å². The number of aliphatic hydroxyl groups is 1. The second kappa shape index (κ2) is 6.25. The van der Waals surface area contributed by atoms with Gasteiger partial charge in [-0.1, -0.05) is 18.2 Å². The Hall–Kier alpha value is -1.28. The van der Waals surface area contributed by atoms with Crippen molar-refractivity contribution in [3.8, 4) is 5.75 Å². The minimum absolute atomic E-state index is 0.379. The molecule has 82 valence electrons. The summed E-state index contributed by atoms with van der Waals surface area (Å²) in [6.45, 7) is 3.54. The van der Waals surface area contributed by atoms with Gasteiger partial charge < -0.3 is 9.84 Å². The topological polar surface area (TPSA) is 29.5 Å². The third-order valence-electron chi connectivity index (χ3n) is 2.37. The Balaban J connectivity index is 2.40. The molecule has 0 fully saturated rings. The fraction of sp³-hybridized carbons (Fsp3) is 0.385. The summed E-state index contributed by atoms with van der Waals surface area (Å²) in [5, 5.41) is 9.29. The molecule has 0 bridgehead atoms. The molecule has 0 spiro atoms. The summed E-state index contributed by atoms with van der Waals surface area (Å²) in [6, 6.07) is 8.02. The number of methoxy groups -OCH3 is 1. The first kappa shape index (κ1) is 11.8. The lowest BCUT2D eigenvalue weighted by molar-refractivity contribution is 0.210. The Bertz CT molecular complexity index is 307. The summed E-state index contributed by atoms with van der Waals surface area (Å²) in [4.78, 5) is 0. The van der Waals surface area contributed by atoms with Crippen molar-refractivity contribution in [2.45, 2.75) is 25.4 Å². The highest BCUT2D eigenvalue weighted by Crippen LogP contribution is 2.14. The molecule has 1 N–H and O–H groups in total. The predicted octanol–water partition coefficient (Wildman–Crippen LogP) is 2.56. The average molecular weight is 206 g/mol. The van der Waals surface area contributed by atoms with Crippen LogP contribution in [0.5, 0.6) is 5.75 Å². The van der Waals surface area contributed by atoms with Crippen molar-refractivity contribution in [2.24, 2.45) is 0 Å². The van der Waals surface area contributed by atoms with E-state index in [1.807, 2.05) is 18.2 Å². The van der Waals surface area contributed by atoms with Crippen LogP contribution in [-0.2, 0) is 6.42 Å². The van der Waals surface area contributed by atoms with E-state index in [1.165, 1.54) is 5.56 Å². The molecule has 1 rings (SSSR count). The number of hydrogen-bond donors (Lipinski definition) is 1. The zero-order chi connectivity index (χ0) is 11.1. The molecule has 0 aliphatic carbocycles. The van der Waals surface area contributed by atoms with Crippen LogP contribution in [0.25, 0.3) is 0 Å². The first-order valence-corrected chi connectivity index (χ1v) is 5.20. The van der Waals surface area contributed by atoms with Gasteiger partial charge in [0.2, 0.25) is 0 Å². The molecule has 1 aromatic carbocycles. The normalized spacial score (nSPS) is 12.1. The second-order valence-corrected chi connectivity index (χ2v) is 3.55. The lowest BCUT2D eigenvalue weighted by Crippen LogP contribution is -2.01. The largest absolute Gasteiger partial charge is 0.497 e. The zero-order valence-electron chi connectivity index (χ0n) is 9.15. The van der Waals surface area contributed by atoms with Crippen LogP contribution in [0.15, 0.2) is 36.9 Å². The van der Waals surface area contributed by atoms with Crippen molar-refractivity contribution < 1.29 is 9.84 Å². The van der Waals surface area contributed by atoms with E-state index in [1.54, 1.807) is 13.2 Å². The Morgan fingerprint density at radius 1 is 1.53 bits per heavy atom. The van der Waals surface area contributed by atoms with Gasteiger partial charge in [0.1, 0.15) is 5.75 Å². The minimum Gasteiger partial charge on any atom is -0.497 e. The van der Waals surface area contributed by atoms with E-state index in [9.17, 15) is 5.11 Å². The fourth-order valence-corrected chi connectivity index (χ4v) is 1.46. The van der Waals surface area contributed by atoms with E-state index in [4.69, 9.17) is 4.74 Å². The number of aliphatic hydroxyl groups excluding tert-OH is 1. The highest BCUT2D eigenvalue weighted by atomic mass is 16.5. The van der Waals surface area contributed by atoms with E-state index in [0.29, 0.717) is 0 Å². The van der Waals surface area contributed by atoms with Crippen molar-refractivity contribution in [2.75, 3.05) is 7.11 Å². The van der Waals surface area contributed by atoms with Crippen LogP contribution in [0.3, 0.4) is 0 Å². The Morgan fingerprint density at radius 3 is 3.00 bits per heavy atom. The molecular formula is C13H18O2. The van der Waals surface area contributed by atoms with Crippen LogP contribution >= 0.6 is 0 Å². The monoisotopic (exact) mass is 206 g/mol. The maximum atomic E-state index is 9.29. The fourth-order valence-electron chi connectivity index (χ4n) is 1.46. The van der Waals surface area contributed by atoms with Gasteiger partial charge in [-0.05, 0) is 37.0 Å². The maximum absolute atomic E-state index is 9.29. The number of ether oxygens (including phenoxy) is 1. The Kier molecular flexibility index (Phi) is 4.91. The lowest BCUT2D eigenvalue weighted by Gasteiger charge is -2.06. The van der Waals surface area contributed by atoms with Gasteiger partial charge >= 0.3 is 0 Å². The summed E-state index contributed by atoms with van der Waals surface area (Å²) >= 11 is 0. The maximum Gasteiger partial charge on any atom is 0.119 e. The molecule has 2 heteroatoms. The third kappa shape index (κ3) is 4.17. The van der Waals surface area contributed by atoms with Gasteiger partial charge in [0.25, 0.3) is 0 Å². The first-order chi connectivity index (χ1) is 7.26. The van der Waals surface area contributed by atoms with Crippen LogP contribution in [0, 0.1) is 0 Å². The second-order valence-electron chi connectivity index (χ2n) is 3.55. The van der Waals surface area contributed by atoms with E-state index in [0.717, 1.165) is 25.0 Å². The van der Waals surface area contributed by atoms with Gasteiger partial charge in [0.05, 0.1) is 13.2 Å². The van der Waals surface area contributed by atoms with Gasteiger partial charge in [0, 0.05) is 0 Å². The SMILES string of the molecule is C=CC(O)CCCc1cccc(OC)c1. The van der Waals surface area contributed by atoms with E-state index in [-0.39, 0.29) is 6.10 Å². The number of hydrogen-bond acceptors (Lipinski definition) is 2. The van der Waals surface area contributed by atoms with Gasteiger partial charge in [-0.25, -0.2) is 0 Å². The molecule has 0 amide bonds. The highest BCUT2D eigenvalue weighted by Gasteiger charge is 1.99. The minimum atomic E-state index is -0.379. The number of aryl methyl sites for hydroxylation is 1. The van der Waals surface area contributed by atoms with E-state index in [2.05, 4.69) is 12.6 Å². The first-order valence-electron chi connectivity index (χ1n) is 5.20. The Morgan fingerprint density at radius 2 is 2.33 bits per heavy atom. The van der Waals surface area contributed by atoms with Crippen LogP contribution in [0.4, 0.5) is 0 Å². The standard InChI is InChI=1S/C13H18O2/c1-3-12(14)8-4-6-11-7-5-9-13(10-11)15-2/h3,5,7,9-10,12,14H,1,4,6,8H2,2H3. The van der Waals surface area contributed by atoms with Crippen molar-refractivity contribution in [3.05, 3.63) is 42.5 Å². The van der Waals surface area contributed by atoms with Gasteiger partial charge in [-0.2, -0.15) is 0 Å². The van der Waals surface area contributed by atoms with Gasteiger partial charge in [-0.3, -0.25) is 0 Å². The van der Waals surface area contributed by atoms with Crippen molar-refractivity contribution in [1.29, 1.82) is 0 Å². The third-order valence-corrected chi connectivity index (χ3v) is 2.37. The van der Waals surface area contributed by atoms with Crippen LogP contribution in [0.2, 0.25) is 0 Å². The molecule has 0 aromatic heterocycles. The molecular weight excluding hydrogens is 188 g/mol. The van der Waals surface area contributed by atoms with E-state index >= 15 is 0 Å². The average Bonchev–Trinajstić information content (AvgIpc) is 2.29. The van der Waals surface area contributed by atoms with Gasteiger partial charge in [-0.15, -0.1) is 6.58 Å². The zero-order valence-corrected chi connectivity index (χ0v) is 9.15. The molecule has 1 unspecified atom stereocenters. The summed E-state index contributed by atoms with van der Waals surface area (Å²) in [6.07, 6.45) is 3.88. The molecule has 1 atom stereocenters. The summed E-state index contributed by atoms with van der Waals surface area (Å²) in [5.41, 5.74) is 1.24. The molecule has 0 aliphatic heterocycles. The van der Waals surface area contributed by atoms with Crippen LogP contribution in [0.1, 0.15) is 18.4 Å². The summed E-state index contributed by atoms with van der Waals surface area (Å²) < 4.78 is 5.14. The summed E-state index contributed by atoms with van der Waals surface area (Å²) in [7, 11) is 1.67. The number of benzene rings is 1. The Labute approximate surface area is 91.2 Å². The smallest absolute Gasteiger partial charge is 0.119 e. The molecule has 1 aromatic rings. The quantitative estimate of drug-likeness (QED) is 0.725. The predicted molar refractivity (Wildman–Crippen MR) is 62.1 cm³/mol. The molecule has 0 aliphatic rings. The van der Waals surface area contributed by atoms with Crippen molar-refractivity contribution >= 4 is 0 Å². The van der Waals surface area contributed by atoms with Crippen LogP contribution in [-0.4, -0.2) is 18.3 Å². The molecule has 2 nitrogen and oxygen atoms in total.